The Labute approximate surface area is 152 Å². The Morgan fingerprint density at radius 1 is 1.20 bits per heavy atom. The number of nitrogens with zero attached hydrogens (tertiary/aromatic N) is 2. The van der Waals surface area contributed by atoms with Crippen LogP contribution in [0.4, 0.5) is 0 Å². The van der Waals surface area contributed by atoms with Gasteiger partial charge in [0.25, 0.3) is 5.56 Å². The van der Waals surface area contributed by atoms with Crippen LogP contribution in [0.5, 0.6) is 0 Å². The molecule has 0 saturated carbocycles. The van der Waals surface area contributed by atoms with Gasteiger partial charge < -0.3 is 5.11 Å². The fourth-order valence-electron chi connectivity index (χ4n) is 2.34. The van der Waals surface area contributed by atoms with Gasteiger partial charge in [-0.25, -0.2) is 9.78 Å². The Kier molecular flexibility index (Phi) is 4.61. The number of fused-ring (bicyclic) bond motifs is 1. The molecule has 0 fully saturated rings. The maximum Gasteiger partial charge on any atom is 0.337 e. The molecule has 0 atom stereocenters. The number of aromatic carboxylic acids is 1. The average molecular weight is 375 g/mol. The normalized spacial score (nSPS) is 11.3. The maximum absolute atomic E-state index is 12.5. The topological polar surface area (TPSA) is 71.7 Å². The smallest absolute Gasteiger partial charge is 0.337 e. The summed E-state index contributed by atoms with van der Waals surface area (Å²) >= 11 is 12.0. The first-order valence-corrected chi connectivity index (χ1v) is 8.02. The van der Waals surface area contributed by atoms with E-state index in [0.29, 0.717) is 26.9 Å². The van der Waals surface area contributed by atoms with Crippen LogP contribution in [0, 0.1) is 6.92 Å². The van der Waals surface area contributed by atoms with Crippen LogP contribution in [0.15, 0.2) is 41.3 Å². The number of pyridine rings is 1. The van der Waals surface area contributed by atoms with E-state index in [0.717, 1.165) is 5.56 Å². The largest absolute Gasteiger partial charge is 0.478 e. The van der Waals surface area contributed by atoms with Gasteiger partial charge in [-0.15, -0.1) is 0 Å². The highest BCUT2D eigenvalue weighted by Crippen LogP contribution is 2.23. The van der Waals surface area contributed by atoms with Gasteiger partial charge >= 0.3 is 5.97 Å². The Morgan fingerprint density at radius 3 is 2.64 bits per heavy atom. The Bertz CT molecular complexity index is 1090. The Morgan fingerprint density at radius 2 is 1.96 bits per heavy atom. The number of carbonyl (C=O) groups is 1. The summed E-state index contributed by atoms with van der Waals surface area (Å²) in [7, 11) is 0. The highest BCUT2D eigenvalue weighted by molar-refractivity contribution is 6.35. The number of halogens is 2. The van der Waals surface area contributed by atoms with Crippen LogP contribution in [-0.2, 0) is 0 Å². The Hall–Kier alpha value is -2.63. The van der Waals surface area contributed by atoms with Crippen molar-refractivity contribution in [2.45, 2.75) is 6.92 Å². The van der Waals surface area contributed by atoms with E-state index >= 15 is 0 Å². The zero-order valence-corrected chi connectivity index (χ0v) is 14.5. The SMILES string of the molecule is Cc1c(C=Cc2ccc(Cl)cc2Cl)nc2ccc(C(=O)O)cn2c1=O. The highest BCUT2D eigenvalue weighted by atomic mass is 35.5. The number of benzene rings is 1. The third-order valence-corrected chi connectivity index (χ3v) is 4.28. The van der Waals surface area contributed by atoms with Gasteiger partial charge in [0.2, 0.25) is 0 Å². The van der Waals surface area contributed by atoms with E-state index in [1.54, 1.807) is 37.3 Å². The summed E-state index contributed by atoms with van der Waals surface area (Å²) < 4.78 is 1.23. The van der Waals surface area contributed by atoms with Crippen molar-refractivity contribution < 1.29 is 9.90 Å². The average Bonchev–Trinajstić information content (AvgIpc) is 2.57. The summed E-state index contributed by atoms with van der Waals surface area (Å²) in [6.07, 6.45) is 4.70. The van der Waals surface area contributed by atoms with Crippen molar-refractivity contribution in [2.24, 2.45) is 0 Å². The minimum absolute atomic E-state index is 0.0204. The van der Waals surface area contributed by atoms with E-state index in [4.69, 9.17) is 28.3 Å². The van der Waals surface area contributed by atoms with Crippen LogP contribution < -0.4 is 5.56 Å². The van der Waals surface area contributed by atoms with Crippen molar-refractivity contribution in [2.75, 3.05) is 0 Å². The van der Waals surface area contributed by atoms with Crippen LogP contribution in [0.2, 0.25) is 10.0 Å². The fraction of sp³-hybridized carbons (Fsp3) is 0.0556. The molecule has 7 heteroatoms. The lowest BCUT2D eigenvalue weighted by atomic mass is 10.1. The monoisotopic (exact) mass is 374 g/mol. The lowest BCUT2D eigenvalue weighted by Crippen LogP contribution is -2.20. The van der Waals surface area contributed by atoms with E-state index in [9.17, 15) is 9.59 Å². The summed E-state index contributed by atoms with van der Waals surface area (Å²) in [4.78, 5) is 28.0. The highest BCUT2D eigenvalue weighted by Gasteiger charge is 2.10. The number of carboxylic acid groups (broad SMARTS) is 1. The molecule has 2 aromatic heterocycles. The Balaban J connectivity index is 2.09. The molecular formula is C18H12Cl2N2O3. The van der Waals surface area contributed by atoms with Gasteiger partial charge in [0.05, 0.1) is 11.3 Å². The van der Waals surface area contributed by atoms with Gasteiger partial charge in [-0.1, -0.05) is 35.3 Å². The van der Waals surface area contributed by atoms with Crippen LogP contribution >= 0.6 is 23.2 Å². The zero-order chi connectivity index (χ0) is 18.1. The molecule has 1 aromatic carbocycles. The van der Waals surface area contributed by atoms with Crippen molar-refractivity contribution >= 4 is 47.0 Å². The van der Waals surface area contributed by atoms with Crippen molar-refractivity contribution in [3.8, 4) is 0 Å². The number of rotatable bonds is 3. The number of hydrogen-bond acceptors (Lipinski definition) is 3. The molecule has 0 aliphatic carbocycles. The van der Waals surface area contributed by atoms with Crippen LogP contribution in [0.1, 0.15) is 27.2 Å². The molecule has 0 radical (unpaired) electrons. The zero-order valence-electron chi connectivity index (χ0n) is 13.0. The van der Waals surface area contributed by atoms with E-state index in [1.165, 1.54) is 22.7 Å². The first kappa shape index (κ1) is 17.2. The van der Waals surface area contributed by atoms with Gasteiger partial charge in [-0.3, -0.25) is 9.20 Å². The van der Waals surface area contributed by atoms with E-state index in [1.807, 2.05) is 0 Å². The predicted octanol–water partition coefficient (Wildman–Crippen LogP) is 4.18. The van der Waals surface area contributed by atoms with Crippen LogP contribution in [0.25, 0.3) is 17.8 Å². The molecule has 3 rings (SSSR count). The molecule has 0 bridgehead atoms. The lowest BCUT2D eigenvalue weighted by Gasteiger charge is -2.06. The maximum atomic E-state index is 12.5. The molecule has 0 amide bonds. The third-order valence-electron chi connectivity index (χ3n) is 3.72. The third kappa shape index (κ3) is 3.43. The molecule has 1 N–H and O–H groups in total. The molecule has 2 heterocycles. The summed E-state index contributed by atoms with van der Waals surface area (Å²) in [6.45, 7) is 1.64. The lowest BCUT2D eigenvalue weighted by molar-refractivity contribution is 0.0696. The van der Waals surface area contributed by atoms with Crippen molar-refractivity contribution in [1.29, 1.82) is 0 Å². The molecule has 0 saturated heterocycles. The molecule has 0 aliphatic rings. The van der Waals surface area contributed by atoms with Crippen LogP contribution in [0.3, 0.4) is 0 Å². The standard InChI is InChI=1S/C18H12Cl2N2O3/c1-10-15(6-3-11-2-5-13(19)8-14(11)20)21-16-7-4-12(18(24)25)9-22(16)17(10)23/h2-9H,1H3,(H,24,25). The van der Waals surface area contributed by atoms with Gasteiger partial charge in [-0.2, -0.15) is 0 Å². The molecule has 3 aromatic rings. The predicted molar refractivity (Wildman–Crippen MR) is 98.5 cm³/mol. The second kappa shape index (κ2) is 6.70. The summed E-state index contributed by atoms with van der Waals surface area (Å²) in [5, 5.41) is 10.1. The molecule has 5 nitrogen and oxygen atoms in total. The van der Waals surface area contributed by atoms with Gasteiger partial charge in [0.1, 0.15) is 5.65 Å². The molecular weight excluding hydrogens is 363 g/mol. The molecule has 0 aliphatic heterocycles. The van der Waals surface area contributed by atoms with Gasteiger partial charge in [-0.05, 0) is 42.8 Å². The van der Waals surface area contributed by atoms with Gasteiger partial charge in [0.15, 0.2) is 0 Å². The summed E-state index contributed by atoms with van der Waals surface area (Å²) in [5.41, 5.74) is 1.69. The van der Waals surface area contributed by atoms with E-state index in [2.05, 4.69) is 4.98 Å². The van der Waals surface area contributed by atoms with E-state index in [-0.39, 0.29) is 11.1 Å². The number of hydrogen-bond donors (Lipinski definition) is 1. The number of carboxylic acids is 1. The molecule has 25 heavy (non-hydrogen) atoms. The second-order valence-electron chi connectivity index (χ2n) is 5.38. The summed E-state index contributed by atoms with van der Waals surface area (Å²) in [6, 6.07) is 8.02. The van der Waals surface area contributed by atoms with Gasteiger partial charge in [0, 0.05) is 21.8 Å². The molecule has 0 unspecified atom stereocenters. The minimum atomic E-state index is -1.10. The van der Waals surface area contributed by atoms with Crippen LogP contribution in [-0.4, -0.2) is 20.5 Å². The minimum Gasteiger partial charge on any atom is -0.478 e. The number of aromatic nitrogens is 2. The van der Waals surface area contributed by atoms with E-state index < -0.39 is 5.97 Å². The fourth-order valence-corrected chi connectivity index (χ4v) is 2.81. The first-order valence-electron chi connectivity index (χ1n) is 7.26. The van der Waals surface area contributed by atoms with Crippen molar-refractivity contribution in [3.05, 3.63) is 79.3 Å². The first-order chi connectivity index (χ1) is 11.9. The van der Waals surface area contributed by atoms with Crippen molar-refractivity contribution in [3.63, 3.8) is 0 Å². The van der Waals surface area contributed by atoms with Crippen molar-refractivity contribution in [1.82, 2.24) is 9.38 Å². The quantitative estimate of drug-likeness (QED) is 0.746. The molecule has 0 spiro atoms. The molecule has 126 valence electrons. The second-order valence-corrected chi connectivity index (χ2v) is 6.22. The summed E-state index contributed by atoms with van der Waals surface area (Å²) in [5.74, 6) is -1.10.